The highest BCUT2D eigenvalue weighted by Gasteiger charge is 2.16. The third-order valence-corrected chi connectivity index (χ3v) is 7.92. The van der Waals surface area contributed by atoms with Crippen LogP contribution in [0.4, 0.5) is 0 Å². The molecule has 0 bridgehead atoms. The van der Waals surface area contributed by atoms with E-state index in [2.05, 4.69) is 95.6 Å². The molecule has 0 radical (unpaired) electrons. The summed E-state index contributed by atoms with van der Waals surface area (Å²) in [6.45, 7) is 0. The molecule has 3 heterocycles. The number of hydrogen-bond acceptors (Lipinski definition) is 2. The highest BCUT2D eigenvalue weighted by molar-refractivity contribution is 7.25. The van der Waals surface area contributed by atoms with Gasteiger partial charge in [-0.25, -0.2) is 0 Å². The number of nitrogens with zero attached hydrogens (tertiary/aromatic N) is 1. The summed E-state index contributed by atoms with van der Waals surface area (Å²) in [6.07, 6.45) is 0. The Bertz CT molecular complexity index is 2040. The van der Waals surface area contributed by atoms with Gasteiger partial charge >= 0.3 is 0 Å². The summed E-state index contributed by atoms with van der Waals surface area (Å²) < 4.78 is 11.2. The van der Waals surface area contributed by atoms with E-state index in [1.54, 1.807) is 0 Å². The van der Waals surface area contributed by atoms with Crippen LogP contribution in [-0.2, 0) is 0 Å². The molecule has 5 aromatic carbocycles. The van der Waals surface area contributed by atoms with Crippen LogP contribution in [0.2, 0.25) is 0 Å². The molecule has 0 fully saturated rings. The topological polar surface area (TPSA) is 18.1 Å². The second-order valence-corrected chi connectivity index (χ2v) is 9.68. The van der Waals surface area contributed by atoms with Crippen molar-refractivity contribution in [3.05, 3.63) is 103 Å². The minimum Gasteiger partial charge on any atom is -0.456 e. The minimum atomic E-state index is 0.923. The number of aromatic nitrogens is 1. The molecule has 0 saturated heterocycles. The lowest BCUT2D eigenvalue weighted by Gasteiger charge is -2.08. The smallest absolute Gasteiger partial charge is 0.135 e. The van der Waals surface area contributed by atoms with E-state index < -0.39 is 0 Å². The first-order valence-electron chi connectivity index (χ1n) is 11.1. The lowest BCUT2D eigenvalue weighted by Crippen LogP contribution is -1.93. The maximum atomic E-state index is 6.09. The number of hydrogen-bond donors (Lipinski definition) is 0. The number of benzene rings is 5. The Labute approximate surface area is 192 Å². The zero-order chi connectivity index (χ0) is 21.5. The van der Waals surface area contributed by atoms with E-state index in [0.717, 1.165) is 27.6 Å². The molecule has 0 aliphatic heterocycles. The Morgan fingerprint density at radius 3 is 2.18 bits per heavy atom. The lowest BCUT2D eigenvalue weighted by molar-refractivity contribution is 0.669. The van der Waals surface area contributed by atoms with Gasteiger partial charge in [0.15, 0.2) is 0 Å². The molecule has 0 N–H and O–H groups in total. The van der Waals surface area contributed by atoms with Crippen molar-refractivity contribution in [3.8, 4) is 5.69 Å². The fraction of sp³-hybridized carbons (Fsp3) is 0. The molecule has 33 heavy (non-hydrogen) atoms. The molecule has 8 rings (SSSR count). The van der Waals surface area contributed by atoms with Crippen molar-refractivity contribution in [2.75, 3.05) is 0 Å². The van der Waals surface area contributed by atoms with Crippen molar-refractivity contribution in [2.24, 2.45) is 0 Å². The van der Waals surface area contributed by atoms with Crippen molar-refractivity contribution in [3.63, 3.8) is 0 Å². The van der Waals surface area contributed by atoms with Gasteiger partial charge in [0.05, 0.1) is 11.0 Å². The van der Waals surface area contributed by atoms with Gasteiger partial charge in [-0.3, -0.25) is 0 Å². The average Bonchev–Trinajstić information content (AvgIpc) is 3.51. The van der Waals surface area contributed by atoms with Gasteiger partial charge in [-0.05, 0) is 48.5 Å². The third-order valence-electron chi connectivity index (χ3n) is 6.79. The van der Waals surface area contributed by atoms with Crippen LogP contribution < -0.4 is 0 Å². The first-order valence-corrected chi connectivity index (χ1v) is 11.9. The van der Waals surface area contributed by atoms with Crippen LogP contribution in [0, 0.1) is 0 Å². The summed E-state index contributed by atoms with van der Waals surface area (Å²) in [4.78, 5) is 0. The second-order valence-electron chi connectivity index (χ2n) is 8.59. The minimum absolute atomic E-state index is 0.923. The molecule has 2 nitrogen and oxygen atoms in total. The molecule has 0 unspecified atom stereocenters. The molecule has 0 amide bonds. The maximum absolute atomic E-state index is 6.09. The SMILES string of the molecule is c1ccc2c(c1)oc1ccc(-n3c4ccccc4c4cc5sc6ccccc6c5cc43)cc12. The summed E-state index contributed by atoms with van der Waals surface area (Å²) in [7, 11) is 0. The average molecular weight is 440 g/mol. The molecule has 0 aliphatic rings. The number of fused-ring (bicyclic) bond motifs is 9. The lowest BCUT2D eigenvalue weighted by atomic mass is 10.1. The molecule has 0 saturated carbocycles. The van der Waals surface area contributed by atoms with Crippen LogP contribution in [-0.4, -0.2) is 4.57 Å². The molecule has 0 aliphatic carbocycles. The first-order chi connectivity index (χ1) is 16.3. The molecule has 3 heteroatoms. The Morgan fingerprint density at radius 2 is 1.24 bits per heavy atom. The van der Waals surface area contributed by atoms with Crippen molar-refractivity contribution in [2.45, 2.75) is 0 Å². The molecule has 0 spiro atoms. The fourth-order valence-corrected chi connectivity index (χ4v) is 6.45. The van der Waals surface area contributed by atoms with E-state index >= 15 is 0 Å². The standard InChI is InChI=1S/C30H17NOS/c1-4-10-25-19(7-1)22-17-30-24(21-9-3-6-12-29(21)33-30)16-26(22)31(25)18-13-14-28-23(15-18)20-8-2-5-11-27(20)32-28/h1-17H. The van der Waals surface area contributed by atoms with Gasteiger partial charge in [-0.1, -0.05) is 54.6 Å². The normalized spacial score (nSPS) is 12.2. The molecule has 8 aromatic rings. The monoisotopic (exact) mass is 439 g/mol. The van der Waals surface area contributed by atoms with Crippen molar-refractivity contribution >= 4 is 75.3 Å². The highest BCUT2D eigenvalue weighted by Crippen LogP contribution is 2.41. The van der Waals surface area contributed by atoms with Gasteiger partial charge in [0.2, 0.25) is 0 Å². The van der Waals surface area contributed by atoms with E-state index in [1.165, 1.54) is 42.0 Å². The van der Waals surface area contributed by atoms with Crippen LogP contribution >= 0.6 is 11.3 Å². The number of rotatable bonds is 1. The molecular weight excluding hydrogens is 422 g/mol. The predicted octanol–water partition coefficient (Wildman–Crippen LogP) is 9.05. The molecule has 3 aromatic heterocycles. The highest BCUT2D eigenvalue weighted by atomic mass is 32.1. The Balaban J connectivity index is 1.53. The van der Waals surface area contributed by atoms with Crippen molar-refractivity contribution in [1.82, 2.24) is 4.57 Å². The number of furan rings is 1. The van der Waals surface area contributed by atoms with Gasteiger partial charge in [-0.2, -0.15) is 0 Å². The van der Waals surface area contributed by atoms with E-state index in [1.807, 2.05) is 23.5 Å². The van der Waals surface area contributed by atoms with Gasteiger partial charge in [0.1, 0.15) is 11.2 Å². The van der Waals surface area contributed by atoms with Gasteiger partial charge in [0.25, 0.3) is 0 Å². The maximum Gasteiger partial charge on any atom is 0.135 e. The van der Waals surface area contributed by atoms with Crippen molar-refractivity contribution in [1.29, 1.82) is 0 Å². The molecule has 0 atom stereocenters. The molecular formula is C30H17NOS. The van der Waals surface area contributed by atoms with Crippen LogP contribution in [0.3, 0.4) is 0 Å². The summed E-state index contributed by atoms with van der Waals surface area (Å²) >= 11 is 1.87. The Morgan fingerprint density at radius 1 is 0.485 bits per heavy atom. The predicted molar refractivity (Wildman–Crippen MR) is 141 cm³/mol. The summed E-state index contributed by atoms with van der Waals surface area (Å²) in [6, 6.07) is 37.0. The van der Waals surface area contributed by atoms with E-state index in [9.17, 15) is 0 Å². The van der Waals surface area contributed by atoms with E-state index in [4.69, 9.17) is 4.42 Å². The largest absolute Gasteiger partial charge is 0.456 e. The Hall–Kier alpha value is -4.08. The van der Waals surface area contributed by atoms with E-state index in [-0.39, 0.29) is 0 Å². The third kappa shape index (κ3) is 2.32. The Kier molecular flexibility index (Phi) is 3.31. The van der Waals surface area contributed by atoms with Crippen LogP contribution in [0.1, 0.15) is 0 Å². The van der Waals surface area contributed by atoms with Crippen LogP contribution in [0.5, 0.6) is 0 Å². The summed E-state index contributed by atoms with van der Waals surface area (Å²) in [5.74, 6) is 0. The number of thiophene rings is 1. The van der Waals surface area contributed by atoms with Gasteiger partial charge < -0.3 is 8.98 Å². The quantitative estimate of drug-likeness (QED) is 0.249. The first kappa shape index (κ1) is 17.5. The van der Waals surface area contributed by atoms with Gasteiger partial charge in [0, 0.05) is 47.4 Å². The number of para-hydroxylation sites is 2. The zero-order valence-corrected chi connectivity index (χ0v) is 18.4. The molecule has 154 valence electrons. The summed E-state index contributed by atoms with van der Waals surface area (Å²) in [5.41, 5.74) is 5.46. The fourth-order valence-electron chi connectivity index (χ4n) is 5.32. The van der Waals surface area contributed by atoms with Crippen molar-refractivity contribution < 1.29 is 4.42 Å². The van der Waals surface area contributed by atoms with Gasteiger partial charge in [-0.15, -0.1) is 11.3 Å². The van der Waals surface area contributed by atoms with E-state index in [0.29, 0.717) is 0 Å². The summed E-state index contributed by atoms with van der Waals surface area (Å²) in [5, 5.41) is 7.53. The second kappa shape index (κ2) is 6.25. The van der Waals surface area contributed by atoms with Crippen LogP contribution in [0.25, 0.3) is 69.6 Å². The zero-order valence-electron chi connectivity index (χ0n) is 17.6. The van der Waals surface area contributed by atoms with Crippen LogP contribution in [0.15, 0.2) is 108 Å².